The molecule has 0 aromatic carbocycles. The van der Waals surface area contributed by atoms with Crippen molar-refractivity contribution >= 4 is 22.6 Å². The predicted molar refractivity (Wildman–Crippen MR) is 126 cm³/mol. The second-order valence-corrected chi connectivity index (χ2v) is 10.8. The Morgan fingerprint density at radius 1 is 1.32 bits per heavy atom. The highest BCUT2D eigenvalue weighted by Crippen LogP contribution is 2.38. The fourth-order valence-corrected chi connectivity index (χ4v) is 5.27. The van der Waals surface area contributed by atoms with Crippen LogP contribution < -0.4 is 5.32 Å². The number of aromatic amines is 1. The molecule has 3 aromatic rings. The predicted octanol–water partition coefficient (Wildman–Crippen LogP) is 3.37. The van der Waals surface area contributed by atoms with E-state index in [0.717, 1.165) is 54.5 Å². The van der Waals surface area contributed by atoms with Crippen molar-refractivity contribution in [3.05, 3.63) is 24.3 Å². The topological polar surface area (TPSA) is 124 Å². The molecule has 2 aliphatic rings. The van der Waals surface area contributed by atoms with Gasteiger partial charge in [-0.15, -0.1) is 5.10 Å². The maximum atomic E-state index is 12.3. The molecule has 1 saturated heterocycles. The second kappa shape index (κ2) is 8.55. The number of H-pyrrole nitrogens is 1. The molecule has 180 valence electrons. The number of aromatic nitrogens is 5. The summed E-state index contributed by atoms with van der Waals surface area (Å²) in [6, 6.07) is 4.33. The fourth-order valence-electron chi connectivity index (χ4n) is 5.27. The van der Waals surface area contributed by atoms with Crippen LogP contribution in [0.1, 0.15) is 64.5 Å². The van der Waals surface area contributed by atoms with Crippen molar-refractivity contribution < 1.29 is 9.53 Å². The number of carbonyl (C=O) groups is 1. The van der Waals surface area contributed by atoms with Gasteiger partial charge in [-0.1, -0.05) is 5.21 Å². The summed E-state index contributed by atoms with van der Waals surface area (Å²) >= 11 is 0. The van der Waals surface area contributed by atoms with Crippen LogP contribution >= 0.6 is 0 Å². The summed E-state index contributed by atoms with van der Waals surface area (Å²) < 4.78 is 7.24. The van der Waals surface area contributed by atoms with Crippen LogP contribution in [-0.4, -0.2) is 66.6 Å². The maximum absolute atomic E-state index is 12.3. The third-order valence-electron chi connectivity index (χ3n) is 7.05. The number of amides is 1. The molecule has 34 heavy (non-hydrogen) atoms. The van der Waals surface area contributed by atoms with E-state index in [-0.39, 0.29) is 11.6 Å². The molecule has 1 amide bonds. The lowest BCUT2D eigenvalue weighted by atomic mass is 9.79. The van der Waals surface area contributed by atoms with Gasteiger partial charge in [-0.05, 0) is 65.0 Å². The first-order valence-electron chi connectivity index (χ1n) is 12.0. The number of fused-ring (bicyclic) bond motifs is 3. The minimum absolute atomic E-state index is 0.309. The van der Waals surface area contributed by atoms with Crippen LogP contribution in [0, 0.1) is 17.2 Å². The molecule has 4 heterocycles. The third kappa shape index (κ3) is 4.32. The fraction of sp³-hybridized carbons (Fsp3) is 0.625. The van der Waals surface area contributed by atoms with Gasteiger partial charge in [0.15, 0.2) is 0 Å². The lowest BCUT2D eigenvalue weighted by molar-refractivity contribution is -0.0166. The van der Waals surface area contributed by atoms with Crippen molar-refractivity contribution in [2.75, 3.05) is 19.6 Å². The number of nitrogens with zero attached hydrogens (tertiary/aromatic N) is 6. The molecule has 0 unspecified atom stereocenters. The number of ether oxygens (including phenoxy) is 1. The highest BCUT2D eigenvalue weighted by molar-refractivity contribution is 5.92. The Morgan fingerprint density at radius 2 is 2.09 bits per heavy atom. The molecule has 5 rings (SSSR count). The molecule has 10 nitrogen and oxygen atoms in total. The Kier molecular flexibility index (Phi) is 5.68. The van der Waals surface area contributed by atoms with Gasteiger partial charge in [-0.2, -0.15) is 5.26 Å². The van der Waals surface area contributed by atoms with Crippen LogP contribution in [0.3, 0.4) is 0 Å². The number of nitrogens with one attached hydrogen (secondary N) is 2. The number of rotatable bonds is 5. The molecular weight excluding hydrogens is 432 g/mol. The normalized spacial score (nSPS) is 22.5. The quantitative estimate of drug-likeness (QED) is 0.593. The van der Waals surface area contributed by atoms with E-state index in [1.165, 1.54) is 0 Å². The molecule has 0 bridgehead atoms. The second-order valence-electron chi connectivity index (χ2n) is 10.8. The molecule has 1 aliphatic heterocycles. The van der Waals surface area contributed by atoms with Crippen molar-refractivity contribution in [3.63, 3.8) is 0 Å². The Balaban J connectivity index is 1.17. The van der Waals surface area contributed by atoms with Gasteiger partial charge in [0.05, 0.1) is 23.7 Å². The van der Waals surface area contributed by atoms with E-state index in [1.54, 1.807) is 15.7 Å². The summed E-state index contributed by atoms with van der Waals surface area (Å²) in [4.78, 5) is 21.6. The van der Waals surface area contributed by atoms with Crippen molar-refractivity contribution in [3.8, 4) is 6.07 Å². The monoisotopic (exact) mass is 464 g/mol. The highest BCUT2D eigenvalue weighted by atomic mass is 16.6. The lowest BCUT2D eigenvalue weighted by Crippen LogP contribution is -2.71. The van der Waals surface area contributed by atoms with E-state index >= 15 is 0 Å². The van der Waals surface area contributed by atoms with Crippen LogP contribution in [0.25, 0.3) is 16.6 Å². The van der Waals surface area contributed by atoms with E-state index in [1.807, 2.05) is 33.0 Å². The van der Waals surface area contributed by atoms with Crippen LogP contribution in [0.4, 0.5) is 4.79 Å². The summed E-state index contributed by atoms with van der Waals surface area (Å²) in [7, 11) is 0. The minimum atomic E-state index is -0.518. The van der Waals surface area contributed by atoms with Gasteiger partial charge in [0, 0.05) is 30.6 Å². The number of hydrogen-bond acceptors (Lipinski definition) is 7. The number of hydrogen-bond donors (Lipinski definition) is 2. The van der Waals surface area contributed by atoms with Crippen LogP contribution in [0.2, 0.25) is 0 Å². The Bertz CT molecular complexity index is 1220. The smallest absolute Gasteiger partial charge is 0.410 e. The third-order valence-corrected chi connectivity index (χ3v) is 7.05. The van der Waals surface area contributed by atoms with Gasteiger partial charge in [0.2, 0.25) is 0 Å². The molecule has 3 aromatic heterocycles. The molecule has 2 N–H and O–H groups in total. The first kappa shape index (κ1) is 22.6. The molecule has 10 heteroatoms. The molecule has 2 fully saturated rings. The lowest BCUT2D eigenvalue weighted by Gasteiger charge is -2.50. The first-order valence-corrected chi connectivity index (χ1v) is 12.0. The molecular formula is C24H32N8O2. The summed E-state index contributed by atoms with van der Waals surface area (Å²) in [5, 5.41) is 22.9. The molecule has 1 aliphatic carbocycles. The number of nitriles is 1. The van der Waals surface area contributed by atoms with Gasteiger partial charge in [-0.25, -0.2) is 14.3 Å². The minimum Gasteiger partial charge on any atom is -0.444 e. The number of carbonyl (C=O) groups excluding carboxylic acids is 1. The average molecular weight is 465 g/mol. The van der Waals surface area contributed by atoms with Gasteiger partial charge < -0.3 is 19.9 Å². The van der Waals surface area contributed by atoms with E-state index < -0.39 is 5.60 Å². The summed E-state index contributed by atoms with van der Waals surface area (Å²) in [6.07, 6.45) is 8.00. The molecule has 0 spiro atoms. The Hall–Kier alpha value is -3.19. The average Bonchev–Trinajstić information content (AvgIpc) is 3.40. The SMILES string of the molecule is CC(C)(C)OC(=O)N1CC(CC#N)(NCC2CCC(c3nnn4cnc5[nH]ccc5c34)CC2)C1. The highest BCUT2D eigenvalue weighted by Gasteiger charge is 2.46. The van der Waals surface area contributed by atoms with Crippen LogP contribution in [0.5, 0.6) is 0 Å². The number of likely N-dealkylation sites (tertiary alicyclic amines) is 1. The standard InChI is InChI=1S/C24H32N8O2/c1-23(2,3)34-22(33)31-13-24(14-31,9-10-25)28-12-16-4-6-17(7-5-16)19-20-18-8-11-26-21(18)27-15-32(20)30-29-19/h8,11,15-17,26,28H,4-7,9,12-14H2,1-3H3. The van der Waals surface area contributed by atoms with E-state index in [9.17, 15) is 10.1 Å². The van der Waals surface area contributed by atoms with Crippen molar-refractivity contribution in [2.45, 2.75) is 69.9 Å². The van der Waals surface area contributed by atoms with Gasteiger partial charge in [0.25, 0.3) is 0 Å². The van der Waals surface area contributed by atoms with Gasteiger partial charge in [0.1, 0.15) is 23.1 Å². The van der Waals surface area contributed by atoms with Crippen LogP contribution in [0.15, 0.2) is 18.6 Å². The summed E-state index contributed by atoms with van der Waals surface area (Å²) in [5.74, 6) is 0.923. The maximum Gasteiger partial charge on any atom is 0.410 e. The molecule has 0 radical (unpaired) electrons. The largest absolute Gasteiger partial charge is 0.444 e. The van der Waals surface area contributed by atoms with Crippen molar-refractivity contribution in [1.29, 1.82) is 5.26 Å². The van der Waals surface area contributed by atoms with E-state index in [2.05, 4.69) is 31.7 Å². The van der Waals surface area contributed by atoms with Gasteiger partial charge in [-0.3, -0.25) is 0 Å². The zero-order chi connectivity index (χ0) is 23.9. The summed E-state index contributed by atoms with van der Waals surface area (Å²) in [6.45, 7) is 7.47. The van der Waals surface area contributed by atoms with Crippen LogP contribution in [-0.2, 0) is 4.74 Å². The van der Waals surface area contributed by atoms with Crippen molar-refractivity contribution in [2.24, 2.45) is 5.92 Å². The Morgan fingerprint density at radius 3 is 2.79 bits per heavy atom. The molecule has 0 atom stereocenters. The Labute approximate surface area is 198 Å². The van der Waals surface area contributed by atoms with Crippen molar-refractivity contribution in [1.82, 2.24) is 35.0 Å². The zero-order valence-corrected chi connectivity index (χ0v) is 20.0. The zero-order valence-electron chi connectivity index (χ0n) is 20.0. The first-order chi connectivity index (χ1) is 16.3. The van der Waals surface area contributed by atoms with E-state index in [4.69, 9.17) is 4.74 Å². The molecule has 1 saturated carbocycles. The van der Waals surface area contributed by atoms with E-state index in [0.29, 0.717) is 31.3 Å². The van der Waals surface area contributed by atoms with Gasteiger partial charge >= 0.3 is 6.09 Å². The summed E-state index contributed by atoms with van der Waals surface area (Å²) in [5.41, 5.74) is 2.12.